The zero-order valence-electron chi connectivity index (χ0n) is 10.0. The lowest BCUT2D eigenvalue weighted by Crippen LogP contribution is -2.21. The number of hydrogen-bond acceptors (Lipinski definition) is 2. The molecule has 0 rings (SSSR count). The molecule has 0 aromatic heterocycles. The maximum Gasteiger partial charge on any atom is 0.152 e. The predicted molar refractivity (Wildman–Crippen MR) is 64.3 cm³/mol. The summed E-state index contributed by atoms with van der Waals surface area (Å²) in [6.45, 7) is 8.14. The molecule has 2 nitrogen and oxygen atoms in total. The predicted octanol–water partition coefficient (Wildman–Crippen LogP) is 2.46. The fourth-order valence-corrected chi connectivity index (χ4v) is 1.03. The van der Waals surface area contributed by atoms with Crippen molar-refractivity contribution < 1.29 is 4.79 Å². The summed E-state index contributed by atoms with van der Waals surface area (Å²) in [5.74, 6) is 3.44. The quantitative estimate of drug-likeness (QED) is 0.379. The van der Waals surface area contributed by atoms with Crippen LogP contribution in [0.25, 0.3) is 0 Å². The van der Waals surface area contributed by atoms with Crippen molar-refractivity contribution in [3.05, 3.63) is 12.7 Å². The molecule has 0 aliphatic heterocycles. The molecule has 1 unspecified atom stereocenters. The second kappa shape index (κ2) is 8.11. The summed E-state index contributed by atoms with van der Waals surface area (Å²) in [5.41, 5.74) is 0. The van der Waals surface area contributed by atoms with Crippen LogP contribution in [0.15, 0.2) is 12.7 Å². The van der Waals surface area contributed by atoms with E-state index in [1.54, 1.807) is 11.0 Å². The molecule has 0 bridgehead atoms. The number of hydrogen-bond donors (Lipinski definition) is 0. The molecule has 0 aliphatic carbocycles. The van der Waals surface area contributed by atoms with Gasteiger partial charge in [0.1, 0.15) is 0 Å². The van der Waals surface area contributed by atoms with Gasteiger partial charge in [-0.05, 0) is 13.3 Å². The molecule has 0 aromatic carbocycles. The van der Waals surface area contributed by atoms with Gasteiger partial charge in [0.2, 0.25) is 0 Å². The van der Waals surface area contributed by atoms with Gasteiger partial charge in [-0.3, -0.25) is 4.79 Å². The van der Waals surface area contributed by atoms with Crippen LogP contribution in [-0.2, 0) is 4.79 Å². The number of ketones is 1. The van der Waals surface area contributed by atoms with Crippen LogP contribution in [0.2, 0.25) is 0 Å². The summed E-state index contributed by atoms with van der Waals surface area (Å²) < 4.78 is 0. The second-order valence-corrected chi connectivity index (χ2v) is 3.78. The number of carbonyl (C=O) groups excluding carboxylic acids is 1. The first-order chi connectivity index (χ1) is 7.10. The van der Waals surface area contributed by atoms with E-state index in [-0.39, 0.29) is 11.7 Å². The molecule has 0 saturated heterocycles. The lowest BCUT2D eigenvalue weighted by atomic mass is 10.2. The smallest absolute Gasteiger partial charge is 0.152 e. The van der Waals surface area contributed by atoms with Crippen LogP contribution in [0.3, 0.4) is 0 Å². The average Bonchev–Trinajstić information content (AvgIpc) is 2.22. The molecule has 0 aromatic rings. The molecular formula is C13H21NO. The van der Waals surface area contributed by atoms with Crippen molar-refractivity contribution >= 4 is 5.78 Å². The Bertz CT molecular complexity index is 259. The molecule has 84 valence electrons. The highest BCUT2D eigenvalue weighted by Crippen LogP contribution is 1.97. The normalized spacial score (nSPS) is 11.1. The molecule has 0 spiro atoms. The highest BCUT2D eigenvalue weighted by molar-refractivity contribution is 5.80. The minimum Gasteiger partial charge on any atom is -0.328 e. The Hall–Kier alpha value is -1.23. The molecule has 0 saturated carbocycles. The van der Waals surface area contributed by atoms with E-state index in [2.05, 4.69) is 25.5 Å². The maximum absolute atomic E-state index is 11.4. The molecule has 1 atom stereocenters. The Morgan fingerprint density at radius 1 is 1.60 bits per heavy atom. The van der Waals surface area contributed by atoms with Crippen LogP contribution < -0.4 is 0 Å². The fourth-order valence-electron chi connectivity index (χ4n) is 1.03. The molecule has 0 radical (unpaired) electrons. The third-order valence-corrected chi connectivity index (χ3v) is 2.06. The molecular weight excluding hydrogens is 186 g/mol. The van der Waals surface area contributed by atoms with E-state index in [0.29, 0.717) is 13.0 Å². The van der Waals surface area contributed by atoms with E-state index in [1.165, 1.54) is 0 Å². The van der Waals surface area contributed by atoms with Crippen molar-refractivity contribution in [1.82, 2.24) is 4.90 Å². The van der Waals surface area contributed by atoms with Gasteiger partial charge in [-0.15, -0.1) is 6.58 Å². The number of unbranched alkanes of at least 4 members (excludes halogenated alkanes) is 1. The molecule has 0 N–H and O–H groups in total. The van der Waals surface area contributed by atoms with E-state index in [4.69, 9.17) is 0 Å². The van der Waals surface area contributed by atoms with E-state index in [0.717, 1.165) is 12.8 Å². The first-order valence-electron chi connectivity index (χ1n) is 5.46. The molecule has 0 aliphatic rings. The standard InChI is InChI=1S/C13H21NO/c1-5-7-8-13(15)11-14(4)10-9-12(3)6-2/h6,12H,2,5,7-8,11H2,1,3-4H3. The Labute approximate surface area is 93.3 Å². The lowest BCUT2D eigenvalue weighted by Gasteiger charge is -2.09. The SMILES string of the molecule is C=CC(C)C#CN(C)CC(=O)CCCC. The van der Waals surface area contributed by atoms with Crippen molar-refractivity contribution in [2.75, 3.05) is 13.6 Å². The van der Waals surface area contributed by atoms with Crippen LogP contribution in [0.1, 0.15) is 33.1 Å². The van der Waals surface area contributed by atoms with Gasteiger partial charge in [0.25, 0.3) is 0 Å². The minimum atomic E-state index is 0.179. The van der Waals surface area contributed by atoms with E-state index in [1.807, 2.05) is 14.0 Å². The molecule has 2 heteroatoms. The van der Waals surface area contributed by atoms with Crippen molar-refractivity contribution in [2.45, 2.75) is 33.1 Å². The van der Waals surface area contributed by atoms with Crippen molar-refractivity contribution in [3.63, 3.8) is 0 Å². The molecule has 0 fully saturated rings. The fraction of sp³-hybridized carbons (Fsp3) is 0.615. The van der Waals surface area contributed by atoms with Gasteiger partial charge in [-0.25, -0.2) is 0 Å². The third-order valence-electron chi connectivity index (χ3n) is 2.06. The van der Waals surface area contributed by atoms with E-state index < -0.39 is 0 Å². The van der Waals surface area contributed by atoms with Gasteiger partial charge in [-0.2, -0.15) is 0 Å². The van der Waals surface area contributed by atoms with Crippen LogP contribution >= 0.6 is 0 Å². The Balaban J connectivity index is 3.90. The first-order valence-corrected chi connectivity index (χ1v) is 5.46. The highest BCUT2D eigenvalue weighted by atomic mass is 16.1. The van der Waals surface area contributed by atoms with Crippen molar-refractivity contribution in [3.8, 4) is 12.0 Å². The number of allylic oxidation sites excluding steroid dienone is 1. The summed E-state index contributed by atoms with van der Waals surface area (Å²) in [6.07, 6.45) is 4.50. The summed E-state index contributed by atoms with van der Waals surface area (Å²) in [5, 5.41) is 0. The first kappa shape index (κ1) is 13.8. The number of nitrogens with zero attached hydrogens (tertiary/aromatic N) is 1. The molecule has 0 heterocycles. The van der Waals surface area contributed by atoms with Crippen LogP contribution in [0.4, 0.5) is 0 Å². The van der Waals surface area contributed by atoms with Gasteiger partial charge in [0.05, 0.1) is 6.54 Å². The van der Waals surface area contributed by atoms with Gasteiger partial charge in [0, 0.05) is 25.4 Å². The lowest BCUT2D eigenvalue weighted by molar-refractivity contribution is -0.119. The number of rotatable bonds is 6. The third kappa shape index (κ3) is 7.81. The summed E-state index contributed by atoms with van der Waals surface area (Å²) >= 11 is 0. The van der Waals surface area contributed by atoms with Gasteiger partial charge < -0.3 is 4.90 Å². The van der Waals surface area contributed by atoms with Crippen LogP contribution in [0, 0.1) is 17.9 Å². The highest BCUT2D eigenvalue weighted by Gasteiger charge is 2.02. The summed E-state index contributed by atoms with van der Waals surface area (Å²) in [6, 6.07) is 2.93. The van der Waals surface area contributed by atoms with Gasteiger partial charge in [0.15, 0.2) is 5.78 Å². The van der Waals surface area contributed by atoms with Gasteiger partial charge in [-0.1, -0.05) is 25.3 Å². The number of carbonyl (C=O) groups is 1. The second-order valence-electron chi connectivity index (χ2n) is 3.78. The van der Waals surface area contributed by atoms with Crippen molar-refractivity contribution in [2.24, 2.45) is 5.92 Å². The van der Waals surface area contributed by atoms with Gasteiger partial charge >= 0.3 is 0 Å². The summed E-state index contributed by atoms with van der Waals surface area (Å²) in [7, 11) is 1.84. The minimum absolute atomic E-state index is 0.179. The topological polar surface area (TPSA) is 20.3 Å². The Morgan fingerprint density at radius 2 is 2.27 bits per heavy atom. The van der Waals surface area contributed by atoms with Crippen LogP contribution in [0.5, 0.6) is 0 Å². The number of Topliss-reactive ketones (excluding diaryl/α,β-unsaturated/α-hetero) is 1. The molecule has 0 amide bonds. The monoisotopic (exact) mass is 207 g/mol. The zero-order chi connectivity index (χ0) is 11.7. The van der Waals surface area contributed by atoms with Crippen LogP contribution in [-0.4, -0.2) is 24.3 Å². The van der Waals surface area contributed by atoms with E-state index >= 15 is 0 Å². The number of likely N-dealkylation sites (N-methyl/N-ethyl adjacent to an activating group) is 1. The maximum atomic E-state index is 11.4. The largest absolute Gasteiger partial charge is 0.328 e. The summed E-state index contributed by atoms with van der Waals surface area (Å²) in [4.78, 5) is 13.1. The Kier molecular flexibility index (Phi) is 7.44. The molecule has 15 heavy (non-hydrogen) atoms. The zero-order valence-corrected chi connectivity index (χ0v) is 10.0. The average molecular weight is 207 g/mol. The van der Waals surface area contributed by atoms with Crippen molar-refractivity contribution in [1.29, 1.82) is 0 Å². The van der Waals surface area contributed by atoms with E-state index in [9.17, 15) is 4.79 Å². The Morgan fingerprint density at radius 3 is 2.80 bits per heavy atom.